The molecule has 3 nitrogen and oxygen atoms in total. The van der Waals surface area contributed by atoms with Crippen LogP contribution in [0.5, 0.6) is 0 Å². The molecular formula is C9H11Cl2NO2. The second kappa shape index (κ2) is 5.90. The first-order chi connectivity index (χ1) is 6.44. The number of carbonyl (C=O) groups is 1. The molecule has 0 aromatic rings. The summed E-state index contributed by atoms with van der Waals surface area (Å²) in [6.45, 7) is 4.07. The number of allylic oxidation sites excluding steroid dienone is 1. The number of halogens is 2. The van der Waals surface area contributed by atoms with Crippen LogP contribution in [-0.2, 0) is 9.53 Å². The maximum Gasteiger partial charge on any atom is 0.293 e. The van der Waals surface area contributed by atoms with Gasteiger partial charge in [0.05, 0.1) is 18.6 Å². The molecule has 0 saturated carbocycles. The average Bonchev–Trinajstić information content (AvgIpc) is 2.10. The van der Waals surface area contributed by atoms with Crippen LogP contribution in [0.2, 0.25) is 0 Å². The summed E-state index contributed by atoms with van der Waals surface area (Å²) in [4.78, 5) is 10.0. The number of hydrogen-bond acceptors (Lipinski definition) is 3. The quantitative estimate of drug-likeness (QED) is 0.689. The first-order valence-electron chi connectivity index (χ1n) is 3.91. The summed E-state index contributed by atoms with van der Waals surface area (Å²) in [5.74, 6) is -0.493. The molecular weight excluding hydrogens is 225 g/mol. The van der Waals surface area contributed by atoms with Gasteiger partial charge in [0.1, 0.15) is 4.49 Å². The molecule has 0 amide bonds. The number of ether oxygens (including phenoxy) is 1. The standard InChI is InChI=1S/C9H11Cl2NO2/c1-9(2,5-14-6-13)7(4-12)3-8(10)11/h3,6-7H,5H2,1-2H3/t7-/m1/s1. The maximum atomic E-state index is 10.0. The molecule has 0 saturated heterocycles. The number of rotatable bonds is 5. The molecule has 0 aliphatic rings. The van der Waals surface area contributed by atoms with Crippen molar-refractivity contribution in [2.75, 3.05) is 6.61 Å². The first-order valence-corrected chi connectivity index (χ1v) is 4.67. The maximum absolute atomic E-state index is 10.0. The van der Waals surface area contributed by atoms with E-state index in [0.29, 0.717) is 6.47 Å². The predicted molar refractivity (Wildman–Crippen MR) is 54.7 cm³/mol. The van der Waals surface area contributed by atoms with Crippen LogP contribution in [0.3, 0.4) is 0 Å². The molecule has 0 unspecified atom stereocenters. The van der Waals surface area contributed by atoms with Crippen molar-refractivity contribution in [3.05, 3.63) is 10.6 Å². The molecule has 0 N–H and O–H groups in total. The molecule has 1 atom stereocenters. The van der Waals surface area contributed by atoms with Crippen molar-refractivity contribution in [3.63, 3.8) is 0 Å². The monoisotopic (exact) mass is 235 g/mol. The van der Waals surface area contributed by atoms with Gasteiger partial charge in [0.2, 0.25) is 0 Å². The Morgan fingerprint density at radius 1 is 1.64 bits per heavy atom. The van der Waals surface area contributed by atoms with Gasteiger partial charge in [0.25, 0.3) is 6.47 Å². The van der Waals surface area contributed by atoms with E-state index in [1.165, 1.54) is 6.08 Å². The average molecular weight is 236 g/mol. The van der Waals surface area contributed by atoms with Crippen molar-refractivity contribution in [2.24, 2.45) is 11.3 Å². The van der Waals surface area contributed by atoms with Crippen molar-refractivity contribution >= 4 is 29.7 Å². The molecule has 0 bridgehead atoms. The van der Waals surface area contributed by atoms with Crippen molar-refractivity contribution < 1.29 is 9.53 Å². The van der Waals surface area contributed by atoms with Crippen LogP contribution in [0.25, 0.3) is 0 Å². The Balaban J connectivity index is 4.58. The smallest absolute Gasteiger partial charge is 0.293 e. The number of hydrogen-bond donors (Lipinski definition) is 0. The van der Waals surface area contributed by atoms with Crippen LogP contribution in [0, 0.1) is 22.7 Å². The minimum atomic E-state index is -0.509. The van der Waals surface area contributed by atoms with Gasteiger partial charge in [-0.1, -0.05) is 37.0 Å². The summed E-state index contributed by atoms with van der Waals surface area (Å²) in [6, 6.07) is 2.04. The Hall–Kier alpha value is -0.720. The number of nitrogens with zero attached hydrogens (tertiary/aromatic N) is 1. The van der Waals surface area contributed by atoms with Crippen LogP contribution >= 0.6 is 23.2 Å². The van der Waals surface area contributed by atoms with E-state index < -0.39 is 11.3 Å². The lowest BCUT2D eigenvalue weighted by Gasteiger charge is -2.26. The summed E-state index contributed by atoms with van der Waals surface area (Å²) < 4.78 is 4.65. The summed E-state index contributed by atoms with van der Waals surface area (Å²) in [7, 11) is 0. The minimum Gasteiger partial charge on any atom is -0.467 e. The Bertz CT molecular complexity index is 264. The number of nitriles is 1. The highest BCUT2D eigenvalue weighted by molar-refractivity contribution is 6.55. The summed E-state index contributed by atoms with van der Waals surface area (Å²) in [5.41, 5.74) is -0.509. The topological polar surface area (TPSA) is 50.1 Å². The highest BCUT2D eigenvalue weighted by Gasteiger charge is 2.29. The molecule has 0 rings (SSSR count). The Morgan fingerprint density at radius 3 is 2.57 bits per heavy atom. The Kier molecular flexibility index (Phi) is 5.59. The number of carbonyl (C=O) groups excluding carboxylic acids is 1. The van der Waals surface area contributed by atoms with Gasteiger partial charge in [-0.2, -0.15) is 5.26 Å². The third-order valence-electron chi connectivity index (χ3n) is 1.80. The first kappa shape index (κ1) is 13.3. The zero-order valence-corrected chi connectivity index (χ0v) is 9.47. The molecule has 78 valence electrons. The molecule has 0 spiro atoms. The van der Waals surface area contributed by atoms with Crippen molar-refractivity contribution in [1.82, 2.24) is 0 Å². The second-order valence-electron chi connectivity index (χ2n) is 3.46. The van der Waals surface area contributed by atoms with E-state index in [0.717, 1.165) is 0 Å². The second-order valence-corrected chi connectivity index (χ2v) is 4.47. The fraction of sp³-hybridized carbons (Fsp3) is 0.556. The van der Waals surface area contributed by atoms with Gasteiger partial charge >= 0.3 is 0 Å². The van der Waals surface area contributed by atoms with E-state index >= 15 is 0 Å². The Labute approximate surface area is 93.2 Å². The van der Waals surface area contributed by atoms with E-state index in [2.05, 4.69) is 4.74 Å². The normalized spacial score (nSPS) is 12.5. The fourth-order valence-corrected chi connectivity index (χ4v) is 1.15. The molecule has 0 aliphatic carbocycles. The molecule has 14 heavy (non-hydrogen) atoms. The van der Waals surface area contributed by atoms with Gasteiger partial charge in [-0.05, 0) is 6.08 Å². The molecule has 0 heterocycles. The van der Waals surface area contributed by atoms with Gasteiger partial charge < -0.3 is 4.74 Å². The Morgan fingerprint density at radius 2 is 2.21 bits per heavy atom. The highest BCUT2D eigenvalue weighted by atomic mass is 35.5. The molecule has 0 aliphatic heterocycles. The van der Waals surface area contributed by atoms with Crippen molar-refractivity contribution in [2.45, 2.75) is 13.8 Å². The largest absolute Gasteiger partial charge is 0.467 e. The van der Waals surface area contributed by atoms with E-state index in [9.17, 15) is 4.79 Å². The van der Waals surface area contributed by atoms with Gasteiger partial charge in [-0.25, -0.2) is 0 Å². The predicted octanol–water partition coefficient (Wildman–Crippen LogP) is 2.64. The van der Waals surface area contributed by atoms with Crippen LogP contribution < -0.4 is 0 Å². The summed E-state index contributed by atoms with van der Waals surface area (Å²) >= 11 is 10.9. The van der Waals surface area contributed by atoms with Gasteiger partial charge in [0, 0.05) is 5.41 Å². The van der Waals surface area contributed by atoms with E-state index in [1.54, 1.807) is 13.8 Å². The third kappa shape index (κ3) is 4.50. The van der Waals surface area contributed by atoms with E-state index in [-0.39, 0.29) is 11.1 Å². The molecule has 0 fully saturated rings. The lowest BCUT2D eigenvalue weighted by Crippen LogP contribution is -2.27. The van der Waals surface area contributed by atoms with Crippen LogP contribution in [-0.4, -0.2) is 13.1 Å². The van der Waals surface area contributed by atoms with Crippen LogP contribution in [0.1, 0.15) is 13.8 Å². The molecule has 0 aromatic heterocycles. The zero-order valence-electron chi connectivity index (χ0n) is 7.96. The lowest BCUT2D eigenvalue weighted by atomic mass is 9.80. The minimum absolute atomic E-state index is 0.0377. The van der Waals surface area contributed by atoms with Gasteiger partial charge in [0.15, 0.2) is 0 Å². The fourth-order valence-electron chi connectivity index (χ4n) is 0.902. The third-order valence-corrected chi connectivity index (χ3v) is 2.05. The van der Waals surface area contributed by atoms with Crippen LogP contribution in [0.4, 0.5) is 0 Å². The molecule has 5 heteroatoms. The lowest BCUT2D eigenvalue weighted by molar-refractivity contribution is -0.131. The van der Waals surface area contributed by atoms with E-state index in [4.69, 9.17) is 28.5 Å². The SMILES string of the molecule is CC(C)(COC=O)[C@@H](C#N)C=C(Cl)Cl. The van der Waals surface area contributed by atoms with Gasteiger partial charge in [-0.15, -0.1) is 0 Å². The summed E-state index contributed by atoms with van der Waals surface area (Å²) in [6.07, 6.45) is 1.43. The van der Waals surface area contributed by atoms with E-state index in [1.807, 2.05) is 6.07 Å². The molecule has 0 aromatic carbocycles. The van der Waals surface area contributed by atoms with Crippen molar-refractivity contribution in [1.29, 1.82) is 5.26 Å². The highest BCUT2D eigenvalue weighted by Crippen LogP contribution is 2.29. The van der Waals surface area contributed by atoms with Crippen molar-refractivity contribution in [3.8, 4) is 6.07 Å². The zero-order chi connectivity index (χ0) is 11.2. The van der Waals surface area contributed by atoms with Crippen LogP contribution in [0.15, 0.2) is 10.6 Å². The van der Waals surface area contributed by atoms with Gasteiger partial charge in [-0.3, -0.25) is 4.79 Å². The summed E-state index contributed by atoms with van der Waals surface area (Å²) in [5, 5.41) is 8.85. The molecule has 0 radical (unpaired) electrons.